The standard InChI is InChI=1S/C19H24N2O5/c1-12-13(2-3-14-15(12)9-25-18(14)24)16(22)8-21-6-4-19(5-7-21)11-20-17(23)10-26-19/h2-3,16,22H,4-11H2,1H3,(H,20,23). The van der Waals surface area contributed by atoms with Crippen LogP contribution in [-0.2, 0) is 20.9 Å². The van der Waals surface area contributed by atoms with Crippen LogP contribution in [0.4, 0.5) is 0 Å². The maximum Gasteiger partial charge on any atom is 0.338 e. The number of morpholine rings is 1. The van der Waals surface area contributed by atoms with E-state index in [4.69, 9.17) is 9.47 Å². The minimum Gasteiger partial charge on any atom is -0.457 e. The molecule has 1 atom stereocenters. The lowest BCUT2D eigenvalue weighted by Crippen LogP contribution is -2.57. The maximum atomic E-state index is 11.7. The number of carbonyl (C=O) groups is 2. The number of ether oxygens (including phenoxy) is 2. The number of esters is 1. The predicted octanol–water partition coefficient (Wildman–Crippen LogP) is 0.680. The number of benzene rings is 1. The van der Waals surface area contributed by atoms with E-state index in [2.05, 4.69) is 10.2 Å². The molecule has 7 nitrogen and oxygen atoms in total. The van der Waals surface area contributed by atoms with Crippen molar-refractivity contribution >= 4 is 11.9 Å². The maximum absolute atomic E-state index is 11.7. The lowest BCUT2D eigenvalue weighted by atomic mass is 9.89. The fourth-order valence-corrected chi connectivity index (χ4v) is 4.12. The Morgan fingerprint density at radius 2 is 2.04 bits per heavy atom. The first-order chi connectivity index (χ1) is 12.5. The van der Waals surface area contributed by atoms with Crippen LogP contribution in [0, 0.1) is 6.92 Å². The highest BCUT2D eigenvalue weighted by atomic mass is 16.5. The van der Waals surface area contributed by atoms with Crippen molar-refractivity contribution in [3.05, 3.63) is 34.4 Å². The van der Waals surface area contributed by atoms with Gasteiger partial charge in [0.1, 0.15) is 13.2 Å². The van der Waals surface area contributed by atoms with E-state index in [1.165, 1.54) is 0 Å². The molecule has 1 aromatic rings. The van der Waals surface area contributed by atoms with E-state index in [1.807, 2.05) is 13.0 Å². The quantitative estimate of drug-likeness (QED) is 0.771. The number of aliphatic hydroxyl groups excluding tert-OH is 1. The van der Waals surface area contributed by atoms with Gasteiger partial charge in [-0.3, -0.25) is 4.79 Å². The minimum absolute atomic E-state index is 0.0528. The van der Waals surface area contributed by atoms with Gasteiger partial charge >= 0.3 is 5.97 Å². The van der Waals surface area contributed by atoms with E-state index in [-0.39, 0.29) is 30.7 Å². The molecule has 1 spiro atoms. The second-order valence-electron chi connectivity index (χ2n) is 7.45. The van der Waals surface area contributed by atoms with Crippen LogP contribution >= 0.6 is 0 Å². The average molecular weight is 360 g/mol. The summed E-state index contributed by atoms with van der Waals surface area (Å²) in [6, 6.07) is 3.58. The van der Waals surface area contributed by atoms with E-state index in [9.17, 15) is 14.7 Å². The van der Waals surface area contributed by atoms with E-state index in [0.29, 0.717) is 18.7 Å². The highest BCUT2D eigenvalue weighted by Crippen LogP contribution is 2.31. The molecule has 1 amide bonds. The highest BCUT2D eigenvalue weighted by molar-refractivity contribution is 5.93. The topological polar surface area (TPSA) is 88.1 Å². The molecule has 2 N–H and O–H groups in total. The van der Waals surface area contributed by atoms with Gasteiger partial charge in [0.25, 0.3) is 0 Å². The Hall–Kier alpha value is -1.96. The number of rotatable bonds is 3. The molecule has 0 saturated carbocycles. The van der Waals surface area contributed by atoms with E-state index in [0.717, 1.165) is 42.6 Å². The molecule has 1 aromatic carbocycles. The third-order valence-electron chi connectivity index (χ3n) is 5.88. The fourth-order valence-electron chi connectivity index (χ4n) is 4.12. The summed E-state index contributed by atoms with van der Waals surface area (Å²) in [5.41, 5.74) is 3.03. The van der Waals surface area contributed by atoms with Crippen molar-refractivity contribution in [2.45, 2.75) is 38.1 Å². The molecule has 4 rings (SSSR count). The first-order valence-corrected chi connectivity index (χ1v) is 9.08. The van der Waals surface area contributed by atoms with Crippen molar-refractivity contribution in [2.75, 3.05) is 32.8 Å². The normalized spacial score (nSPS) is 23.5. The van der Waals surface area contributed by atoms with Gasteiger partial charge in [0, 0.05) is 31.7 Å². The summed E-state index contributed by atoms with van der Waals surface area (Å²) in [6.07, 6.45) is 1.06. The number of amides is 1. The summed E-state index contributed by atoms with van der Waals surface area (Å²) in [5, 5.41) is 13.6. The van der Waals surface area contributed by atoms with Gasteiger partial charge in [-0.1, -0.05) is 6.07 Å². The molecule has 3 heterocycles. The minimum atomic E-state index is -0.614. The van der Waals surface area contributed by atoms with Gasteiger partial charge in [0.2, 0.25) is 5.91 Å². The van der Waals surface area contributed by atoms with Gasteiger partial charge < -0.3 is 24.8 Å². The highest BCUT2D eigenvalue weighted by Gasteiger charge is 2.39. The Kier molecular flexibility index (Phi) is 4.46. The Bertz CT molecular complexity index is 728. The van der Waals surface area contributed by atoms with Crippen molar-refractivity contribution in [3.8, 4) is 0 Å². The number of hydrogen-bond acceptors (Lipinski definition) is 6. The molecule has 0 bridgehead atoms. The number of carbonyl (C=O) groups excluding carboxylic acids is 2. The lowest BCUT2D eigenvalue weighted by Gasteiger charge is -2.44. The molecule has 140 valence electrons. The summed E-state index contributed by atoms with van der Waals surface area (Å²) >= 11 is 0. The van der Waals surface area contributed by atoms with Crippen molar-refractivity contribution in [3.63, 3.8) is 0 Å². The van der Waals surface area contributed by atoms with E-state index >= 15 is 0 Å². The molecule has 1 unspecified atom stereocenters. The molecule has 0 aromatic heterocycles. The number of aliphatic hydroxyl groups is 1. The smallest absolute Gasteiger partial charge is 0.338 e. The summed E-state index contributed by atoms with van der Waals surface area (Å²) in [6.45, 7) is 5.10. The van der Waals surface area contributed by atoms with Crippen LogP contribution in [0.5, 0.6) is 0 Å². The molecular formula is C19H24N2O5. The lowest BCUT2D eigenvalue weighted by molar-refractivity contribution is -0.150. The van der Waals surface area contributed by atoms with Gasteiger partial charge in [0.05, 0.1) is 17.3 Å². The number of hydrogen-bond donors (Lipinski definition) is 2. The van der Waals surface area contributed by atoms with Crippen LogP contribution in [-0.4, -0.2) is 60.3 Å². The number of β-amino-alcohol motifs (C(OH)–C–C–N with tert-alkyl or cyclic N) is 1. The second kappa shape index (κ2) is 6.64. The molecule has 3 aliphatic heterocycles. The Morgan fingerprint density at radius 3 is 2.73 bits per heavy atom. The fraction of sp³-hybridized carbons (Fsp3) is 0.579. The monoisotopic (exact) mass is 360 g/mol. The third kappa shape index (κ3) is 3.11. The van der Waals surface area contributed by atoms with Gasteiger partial charge in [0.15, 0.2) is 0 Å². The number of fused-ring (bicyclic) bond motifs is 1. The summed E-state index contributed by atoms with van der Waals surface area (Å²) < 4.78 is 10.9. The Balaban J connectivity index is 1.38. The zero-order chi connectivity index (χ0) is 18.3. The molecular weight excluding hydrogens is 336 g/mol. The number of nitrogens with one attached hydrogen (secondary N) is 1. The van der Waals surface area contributed by atoms with Crippen molar-refractivity contribution in [1.29, 1.82) is 0 Å². The summed E-state index contributed by atoms with van der Waals surface area (Å²) in [5.74, 6) is -0.340. The van der Waals surface area contributed by atoms with Crippen LogP contribution in [0.1, 0.15) is 46.0 Å². The van der Waals surface area contributed by atoms with Crippen LogP contribution < -0.4 is 5.32 Å². The molecule has 0 radical (unpaired) electrons. The third-order valence-corrected chi connectivity index (χ3v) is 5.88. The molecule has 2 saturated heterocycles. The molecule has 0 aliphatic carbocycles. The van der Waals surface area contributed by atoms with E-state index < -0.39 is 6.10 Å². The molecule has 3 aliphatic rings. The number of nitrogens with zero attached hydrogens (tertiary/aromatic N) is 1. The second-order valence-corrected chi connectivity index (χ2v) is 7.45. The van der Waals surface area contributed by atoms with Crippen molar-refractivity contribution < 1.29 is 24.2 Å². The van der Waals surface area contributed by atoms with Gasteiger partial charge in [-0.05, 0) is 37.0 Å². The summed E-state index contributed by atoms with van der Waals surface area (Å²) in [4.78, 5) is 25.2. The van der Waals surface area contributed by atoms with Gasteiger partial charge in [-0.15, -0.1) is 0 Å². The van der Waals surface area contributed by atoms with Crippen LogP contribution in [0.15, 0.2) is 12.1 Å². The number of likely N-dealkylation sites (tertiary alicyclic amines) is 1. The van der Waals surface area contributed by atoms with Crippen LogP contribution in [0.3, 0.4) is 0 Å². The van der Waals surface area contributed by atoms with Crippen LogP contribution in [0.25, 0.3) is 0 Å². The van der Waals surface area contributed by atoms with Crippen molar-refractivity contribution in [2.24, 2.45) is 0 Å². The first-order valence-electron chi connectivity index (χ1n) is 9.08. The van der Waals surface area contributed by atoms with Crippen molar-refractivity contribution in [1.82, 2.24) is 10.2 Å². The molecule has 26 heavy (non-hydrogen) atoms. The largest absolute Gasteiger partial charge is 0.457 e. The SMILES string of the molecule is Cc1c(C(O)CN2CCC3(CC2)CNC(=O)CO3)ccc2c1COC2=O. The zero-order valence-electron chi connectivity index (χ0n) is 14.9. The van der Waals surface area contributed by atoms with Crippen LogP contribution in [0.2, 0.25) is 0 Å². The number of piperidine rings is 1. The average Bonchev–Trinajstić information content (AvgIpc) is 3.02. The molecule has 7 heteroatoms. The summed E-state index contributed by atoms with van der Waals surface area (Å²) in [7, 11) is 0. The predicted molar refractivity (Wildman–Crippen MR) is 92.6 cm³/mol. The van der Waals surface area contributed by atoms with E-state index in [1.54, 1.807) is 6.07 Å². The Morgan fingerprint density at radius 1 is 1.27 bits per heavy atom. The zero-order valence-corrected chi connectivity index (χ0v) is 14.9. The van der Waals surface area contributed by atoms with Gasteiger partial charge in [-0.25, -0.2) is 4.79 Å². The molecule has 2 fully saturated rings. The number of cyclic esters (lactones) is 1. The first kappa shape index (κ1) is 17.5. The van der Waals surface area contributed by atoms with Gasteiger partial charge in [-0.2, -0.15) is 0 Å². The Labute approximate surface area is 152 Å².